The summed E-state index contributed by atoms with van der Waals surface area (Å²) in [4.78, 5) is 3.94. The molecule has 0 spiro atoms. The predicted molar refractivity (Wildman–Crippen MR) is 127 cm³/mol. The first-order chi connectivity index (χ1) is 15.6. The summed E-state index contributed by atoms with van der Waals surface area (Å²) in [5, 5.41) is 3.46. The molecule has 5 rings (SSSR count). The van der Waals surface area contributed by atoms with Gasteiger partial charge < -0.3 is 5.32 Å². The lowest BCUT2D eigenvalue weighted by molar-refractivity contribution is -0.0309. The summed E-state index contributed by atoms with van der Waals surface area (Å²) in [6.07, 6.45) is 0. The van der Waals surface area contributed by atoms with E-state index in [1.165, 1.54) is 5.56 Å². The zero-order chi connectivity index (χ0) is 22.0. The summed E-state index contributed by atoms with van der Waals surface area (Å²) in [6.45, 7) is 3.88. The van der Waals surface area contributed by atoms with Gasteiger partial charge in [0.2, 0.25) is 0 Å². The Morgan fingerprint density at radius 3 is 2.00 bits per heavy atom. The lowest BCUT2D eigenvalue weighted by Gasteiger charge is -2.57. The number of sulfone groups is 1. The van der Waals surface area contributed by atoms with Crippen LogP contribution in [0.4, 0.5) is 0 Å². The van der Waals surface area contributed by atoms with E-state index in [4.69, 9.17) is 0 Å². The van der Waals surface area contributed by atoms with E-state index in [1.807, 2.05) is 54.6 Å². The molecule has 2 aliphatic heterocycles. The van der Waals surface area contributed by atoms with Crippen LogP contribution in [0.5, 0.6) is 0 Å². The molecule has 32 heavy (non-hydrogen) atoms. The van der Waals surface area contributed by atoms with Crippen LogP contribution in [0.1, 0.15) is 11.1 Å². The Kier molecular flexibility index (Phi) is 5.86. The second-order valence-electron chi connectivity index (χ2n) is 8.82. The number of nitrogens with zero attached hydrogens (tertiary/aromatic N) is 2. The van der Waals surface area contributed by atoms with Gasteiger partial charge in [0.1, 0.15) is 0 Å². The molecule has 0 saturated carbocycles. The molecule has 3 aromatic carbocycles. The molecule has 0 amide bonds. The number of nitrogens with one attached hydrogen (secondary N) is 1. The minimum Gasteiger partial charge on any atom is -0.312 e. The topological polar surface area (TPSA) is 52.7 Å². The van der Waals surface area contributed by atoms with Crippen molar-refractivity contribution in [3.05, 3.63) is 102 Å². The molecule has 1 N–H and O–H groups in total. The van der Waals surface area contributed by atoms with E-state index in [0.717, 1.165) is 25.2 Å². The van der Waals surface area contributed by atoms with Gasteiger partial charge in [0, 0.05) is 45.3 Å². The maximum Gasteiger partial charge on any atom is 0.199 e. The van der Waals surface area contributed by atoms with Gasteiger partial charge in [-0.25, -0.2) is 8.42 Å². The number of hydrogen-bond acceptors (Lipinski definition) is 5. The average molecular weight is 448 g/mol. The van der Waals surface area contributed by atoms with Crippen LogP contribution in [0.3, 0.4) is 0 Å². The fraction of sp³-hybridized carbons (Fsp3) is 0.308. The summed E-state index contributed by atoms with van der Waals surface area (Å²) in [5.41, 5.74) is 2.35. The van der Waals surface area contributed by atoms with E-state index >= 15 is 0 Å². The molecular weight excluding hydrogens is 418 g/mol. The second kappa shape index (κ2) is 8.79. The van der Waals surface area contributed by atoms with E-state index in [2.05, 4.69) is 39.4 Å². The van der Waals surface area contributed by atoms with E-state index in [-0.39, 0.29) is 6.04 Å². The minimum absolute atomic E-state index is 0.111. The number of hydrogen-bond donors (Lipinski definition) is 1. The van der Waals surface area contributed by atoms with Crippen LogP contribution in [0, 0.1) is 0 Å². The molecule has 2 heterocycles. The van der Waals surface area contributed by atoms with Gasteiger partial charge in [-0.2, -0.15) is 0 Å². The highest BCUT2D eigenvalue weighted by atomic mass is 32.2. The van der Waals surface area contributed by atoms with Crippen LogP contribution in [0.25, 0.3) is 0 Å². The zero-order valence-electron chi connectivity index (χ0n) is 18.1. The highest BCUT2D eigenvalue weighted by Crippen LogP contribution is 2.38. The molecular formula is C26H29N3O2S. The van der Waals surface area contributed by atoms with Crippen LogP contribution >= 0.6 is 0 Å². The molecule has 6 heteroatoms. The molecule has 2 aliphatic rings. The number of rotatable bonds is 6. The van der Waals surface area contributed by atoms with Crippen LogP contribution in [-0.2, 0) is 22.9 Å². The Bertz CT molecular complexity index is 1140. The third-order valence-electron chi connectivity index (χ3n) is 6.68. The molecule has 3 aromatic rings. The highest BCUT2D eigenvalue weighted by Gasteiger charge is 2.57. The Hall–Kier alpha value is -2.51. The molecule has 166 valence electrons. The van der Waals surface area contributed by atoms with Crippen LogP contribution in [-0.4, -0.2) is 55.3 Å². The minimum atomic E-state index is -3.63. The van der Waals surface area contributed by atoms with Crippen molar-refractivity contribution in [1.29, 1.82) is 0 Å². The van der Waals surface area contributed by atoms with Crippen LogP contribution in [0.15, 0.2) is 95.9 Å². The third kappa shape index (κ3) is 3.88. The molecule has 0 aromatic heterocycles. The standard InChI is InChI=1S/C26H29N3O2S/c30-32(31,25-14-8-3-9-15-25)26-20-27-16-24(29(26)18-23-12-6-2-7-13-23)19-28(21-26)17-22-10-4-1-5-11-22/h1-15,24,27H,16-21H2. The first-order valence-electron chi connectivity index (χ1n) is 11.2. The number of piperazine rings is 2. The third-order valence-corrected chi connectivity index (χ3v) is 9.08. The van der Waals surface area contributed by atoms with Crippen molar-refractivity contribution < 1.29 is 8.42 Å². The van der Waals surface area contributed by atoms with Crippen molar-refractivity contribution in [2.75, 3.05) is 26.2 Å². The lowest BCUT2D eigenvalue weighted by Crippen LogP contribution is -2.76. The van der Waals surface area contributed by atoms with Crippen molar-refractivity contribution in [3.8, 4) is 0 Å². The van der Waals surface area contributed by atoms with E-state index in [9.17, 15) is 8.42 Å². The van der Waals surface area contributed by atoms with Gasteiger partial charge >= 0.3 is 0 Å². The summed E-state index contributed by atoms with van der Waals surface area (Å²) in [7, 11) is -3.63. The fourth-order valence-electron chi connectivity index (χ4n) is 5.17. The highest BCUT2D eigenvalue weighted by molar-refractivity contribution is 7.92. The maximum absolute atomic E-state index is 14.2. The van der Waals surface area contributed by atoms with Gasteiger partial charge in [-0.15, -0.1) is 0 Å². The molecule has 2 bridgehead atoms. The molecule has 2 unspecified atom stereocenters. The molecule has 0 aliphatic carbocycles. The number of benzene rings is 3. The summed E-state index contributed by atoms with van der Waals surface area (Å²) in [5.74, 6) is 0. The monoisotopic (exact) mass is 447 g/mol. The normalized spacial score (nSPS) is 24.3. The molecule has 2 saturated heterocycles. The Morgan fingerprint density at radius 2 is 1.38 bits per heavy atom. The van der Waals surface area contributed by atoms with E-state index in [1.54, 1.807) is 12.1 Å². The zero-order valence-corrected chi connectivity index (χ0v) is 18.9. The SMILES string of the molecule is O=S(=O)(c1ccccc1)C12CNCC(CN(Cc3ccccc3)C1)N2Cc1ccccc1. The smallest absolute Gasteiger partial charge is 0.199 e. The first-order valence-corrected chi connectivity index (χ1v) is 12.6. The largest absolute Gasteiger partial charge is 0.312 e. The molecule has 0 radical (unpaired) electrons. The van der Waals surface area contributed by atoms with Crippen molar-refractivity contribution in [3.63, 3.8) is 0 Å². The number of fused-ring (bicyclic) bond motifs is 2. The van der Waals surface area contributed by atoms with Gasteiger partial charge in [0.15, 0.2) is 14.7 Å². The van der Waals surface area contributed by atoms with Gasteiger partial charge in [-0.1, -0.05) is 78.9 Å². The van der Waals surface area contributed by atoms with Gasteiger partial charge in [-0.05, 0) is 23.3 Å². The second-order valence-corrected chi connectivity index (χ2v) is 11.1. The Labute approximate surface area is 190 Å². The Morgan fingerprint density at radius 1 is 0.812 bits per heavy atom. The Balaban J connectivity index is 1.56. The molecule has 2 atom stereocenters. The predicted octanol–water partition coefficient (Wildman–Crippen LogP) is 3.15. The summed E-state index contributed by atoms with van der Waals surface area (Å²) >= 11 is 0. The molecule has 5 nitrogen and oxygen atoms in total. The van der Waals surface area contributed by atoms with Gasteiger partial charge in [0.05, 0.1) is 4.90 Å². The van der Waals surface area contributed by atoms with Gasteiger partial charge in [0.25, 0.3) is 0 Å². The van der Waals surface area contributed by atoms with Crippen molar-refractivity contribution >= 4 is 9.84 Å². The first kappa shape index (κ1) is 21.3. The summed E-state index contributed by atoms with van der Waals surface area (Å²) in [6, 6.07) is 29.6. The van der Waals surface area contributed by atoms with Crippen LogP contribution in [0.2, 0.25) is 0 Å². The van der Waals surface area contributed by atoms with E-state index < -0.39 is 14.7 Å². The average Bonchev–Trinajstić information content (AvgIpc) is 2.81. The van der Waals surface area contributed by atoms with Crippen molar-refractivity contribution in [1.82, 2.24) is 15.1 Å². The van der Waals surface area contributed by atoms with Crippen LogP contribution < -0.4 is 5.32 Å². The van der Waals surface area contributed by atoms with Crippen molar-refractivity contribution in [2.45, 2.75) is 28.9 Å². The van der Waals surface area contributed by atoms with Crippen molar-refractivity contribution in [2.24, 2.45) is 0 Å². The summed E-state index contributed by atoms with van der Waals surface area (Å²) < 4.78 is 28.4. The molecule has 2 fully saturated rings. The lowest BCUT2D eigenvalue weighted by atomic mass is 9.99. The fourth-order valence-corrected chi connectivity index (χ4v) is 7.29. The quantitative estimate of drug-likeness (QED) is 0.629. The maximum atomic E-state index is 14.2. The van der Waals surface area contributed by atoms with Gasteiger partial charge in [-0.3, -0.25) is 9.80 Å². The van der Waals surface area contributed by atoms with E-state index in [0.29, 0.717) is 24.5 Å².